The van der Waals surface area contributed by atoms with Gasteiger partial charge in [0.05, 0.1) is 16.5 Å². The molecule has 0 spiro atoms. The normalized spacial score (nSPS) is 18.4. The quantitative estimate of drug-likeness (QED) is 0.652. The summed E-state index contributed by atoms with van der Waals surface area (Å²) in [6.07, 6.45) is 1.34. The predicted molar refractivity (Wildman–Crippen MR) is 110 cm³/mol. The molecule has 1 fully saturated rings. The molecule has 0 bridgehead atoms. The summed E-state index contributed by atoms with van der Waals surface area (Å²) in [6.45, 7) is 0.652. The molecule has 3 aromatic rings. The van der Waals surface area contributed by atoms with E-state index in [4.69, 9.17) is 0 Å². The van der Waals surface area contributed by atoms with E-state index in [1.54, 1.807) is 28.8 Å². The van der Waals surface area contributed by atoms with E-state index in [9.17, 15) is 13.2 Å². The summed E-state index contributed by atoms with van der Waals surface area (Å²) in [5, 5.41) is 9.04. The number of nitrogens with zero attached hydrogens (tertiary/aromatic N) is 2. The maximum atomic E-state index is 12.7. The minimum atomic E-state index is -3.52. The van der Waals surface area contributed by atoms with Gasteiger partial charge in [-0.05, 0) is 35.7 Å². The van der Waals surface area contributed by atoms with Crippen LogP contribution in [0.4, 0.5) is 5.13 Å². The smallest absolute Gasteiger partial charge is 0.252 e. The Bertz CT molecular complexity index is 1010. The fourth-order valence-electron chi connectivity index (χ4n) is 2.99. The lowest BCUT2D eigenvalue weighted by Crippen LogP contribution is -2.43. The zero-order valence-electron chi connectivity index (χ0n) is 14.2. The second kappa shape index (κ2) is 7.80. The molecule has 4 rings (SSSR count). The van der Waals surface area contributed by atoms with Crippen molar-refractivity contribution >= 4 is 55.1 Å². The van der Waals surface area contributed by atoms with Gasteiger partial charge in [0.25, 0.3) is 10.0 Å². The molecule has 1 unspecified atom stereocenters. The van der Waals surface area contributed by atoms with Gasteiger partial charge in [0.15, 0.2) is 5.13 Å². The van der Waals surface area contributed by atoms with E-state index in [-0.39, 0.29) is 18.4 Å². The average molecular weight is 440 g/mol. The zero-order chi connectivity index (χ0) is 18.9. The van der Waals surface area contributed by atoms with Gasteiger partial charge in [-0.1, -0.05) is 12.1 Å². The van der Waals surface area contributed by atoms with Gasteiger partial charge in [0.2, 0.25) is 5.91 Å². The van der Waals surface area contributed by atoms with Crippen molar-refractivity contribution in [3.8, 4) is 10.6 Å². The molecule has 3 aromatic heterocycles. The number of piperidine rings is 1. The van der Waals surface area contributed by atoms with Gasteiger partial charge in [-0.3, -0.25) is 4.79 Å². The molecule has 1 amide bonds. The number of aromatic nitrogens is 1. The summed E-state index contributed by atoms with van der Waals surface area (Å²) in [7, 11) is -3.52. The number of hydrogen-bond donors (Lipinski definition) is 1. The lowest BCUT2D eigenvalue weighted by atomic mass is 9.99. The van der Waals surface area contributed by atoms with E-state index in [1.165, 1.54) is 27.0 Å². The monoisotopic (exact) mass is 439 g/mol. The van der Waals surface area contributed by atoms with E-state index in [0.29, 0.717) is 28.7 Å². The first-order valence-electron chi connectivity index (χ1n) is 8.38. The van der Waals surface area contributed by atoms with Crippen LogP contribution in [0.3, 0.4) is 0 Å². The van der Waals surface area contributed by atoms with Crippen molar-refractivity contribution in [1.82, 2.24) is 9.29 Å². The Morgan fingerprint density at radius 2 is 2.00 bits per heavy atom. The highest BCUT2D eigenvalue weighted by atomic mass is 32.2. The number of hydrogen-bond acceptors (Lipinski definition) is 7. The number of carbonyl (C=O) groups excluding carboxylic acids is 1. The number of carbonyl (C=O) groups is 1. The minimum Gasteiger partial charge on any atom is -0.302 e. The third-order valence-corrected chi connectivity index (χ3v) is 9.24. The molecule has 6 nitrogen and oxygen atoms in total. The van der Waals surface area contributed by atoms with Crippen molar-refractivity contribution < 1.29 is 13.2 Å². The fourth-order valence-corrected chi connectivity index (χ4v) is 7.13. The number of nitrogens with one attached hydrogen (secondary N) is 1. The number of thiophene rings is 2. The molecular weight excluding hydrogens is 422 g/mol. The number of rotatable bonds is 5. The fraction of sp³-hybridized carbons (Fsp3) is 0.294. The van der Waals surface area contributed by atoms with Crippen molar-refractivity contribution in [2.45, 2.75) is 17.1 Å². The molecule has 1 aliphatic rings. The number of sulfonamides is 1. The third kappa shape index (κ3) is 3.99. The van der Waals surface area contributed by atoms with Gasteiger partial charge in [0.1, 0.15) is 4.21 Å². The number of amides is 1. The minimum absolute atomic E-state index is 0.173. The highest BCUT2D eigenvalue weighted by Gasteiger charge is 2.34. The van der Waals surface area contributed by atoms with Crippen LogP contribution in [0.15, 0.2) is 44.6 Å². The van der Waals surface area contributed by atoms with Crippen molar-refractivity contribution in [2.75, 3.05) is 18.4 Å². The molecule has 10 heteroatoms. The molecule has 1 saturated heterocycles. The molecule has 4 heterocycles. The van der Waals surface area contributed by atoms with Gasteiger partial charge >= 0.3 is 0 Å². The van der Waals surface area contributed by atoms with E-state index < -0.39 is 10.0 Å². The Morgan fingerprint density at radius 3 is 2.74 bits per heavy atom. The Morgan fingerprint density at radius 1 is 1.19 bits per heavy atom. The lowest BCUT2D eigenvalue weighted by Gasteiger charge is -2.30. The average Bonchev–Trinajstić information content (AvgIpc) is 3.42. The van der Waals surface area contributed by atoms with Crippen molar-refractivity contribution in [2.24, 2.45) is 5.92 Å². The molecule has 1 aliphatic heterocycles. The third-order valence-electron chi connectivity index (χ3n) is 4.35. The van der Waals surface area contributed by atoms with Gasteiger partial charge in [0, 0.05) is 18.5 Å². The Hall–Kier alpha value is -1.59. The maximum absolute atomic E-state index is 12.7. The topological polar surface area (TPSA) is 79.4 Å². The molecule has 0 radical (unpaired) electrons. The standard InChI is InChI=1S/C17H17N3O3S4/c21-16(19-17-18-13(11-26-17)14-5-2-8-24-14)12-4-1-7-20(10-12)27(22,23)15-6-3-9-25-15/h2-3,5-6,8-9,11-12H,1,4,7,10H2,(H,18,19,21). The molecule has 0 aromatic carbocycles. The van der Waals surface area contributed by atoms with Crippen LogP contribution in [-0.2, 0) is 14.8 Å². The summed E-state index contributed by atoms with van der Waals surface area (Å²) < 4.78 is 27.2. The van der Waals surface area contributed by atoms with Crippen molar-refractivity contribution in [3.63, 3.8) is 0 Å². The second-order valence-electron chi connectivity index (χ2n) is 6.14. The molecule has 0 saturated carbocycles. The van der Waals surface area contributed by atoms with Crippen LogP contribution >= 0.6 is 34.0 Å². The van der Waals surface area contributed by atoms with Crippen molar-refractivity contribution in [1.29, 1.82) is 0 Å². The highest BCUT2D eigenvalue weighted by Crippen LogP contribution is 2.30. The Labute approximate surface area is 169 Å². The molecule has 0 aliphatic carbocycles. The van der Waals surface area contributed by atoms with Crippen LogP contribution in [0.25, 0.3) is 10.6 Å². The molecule has 1 atom stereocenters. The Balaban J connectivity index is 1.43. The maximum Gasteiger partial charge on any atom is 0.252 e. The first-order valence-corrected chi connectivity index (χ1v) is 12.5. The van der Waals surface area contributed by atoms with Crippen LogP contribution in [0.2, 0.25) is 0 Å². The summed E-state index contributed by atoms with van der Waals surface area (Å²) in [6, 6.07) is 7.27. The van der Waals surface area contributed by atoms with E-state index in [2.05, 4.69) is 10.3 Å². The summed E-state index contributed by atoms with van der Waals surface area (Å²) in [4.78, 5) is 18.2. The number of anilines is 1. The van der Waals surface area contributed by atoms with Crippen LogP contribution in [-0.4, -0.2) is 36.7 Å². The largest absolute Gasteiger partial charge is 0.302 e. The summed E-state index contributed by atoms with van der Waals surface area (Å²) in [5.41, 5.74) is 0.843. The summed E-state index contributed by atoms with van der Waals surface area (Å²) in [5.74, 6) is -0.546. The van der Waals surface area contributed by atoms with Crippen LogP contribution < -0.4 is 5.32 Å². The number of thiazole rings is 1. The highest BCUT2D eigenvalue weighted by molar-refractivity contribution is 7.91. The SMILES string of the molecule is O=C(Nc1nc(-c2cccs2)cs1)C1CCCN(S(=O)(=O)c2cccs2)C1. The molecule has 142 valence electrons. The zero-order valence-corrected chi connectivity index (χ0v) is 17.5. The predicted octanol–water partition coefficient (Wildman–Crippen LogP) is 3.97. The molecular formula is C17H17N3O3S4. The first-order chi connectivity index (χ1) is 13.0. The summed E-state index contributed by atoms with van der Waals surface area (Å²) >= 11 is 4.17. The van der Waals surface area contributed by atoms with Crippen LogP contribution in [0.5, 0.6) is 0 Å². The van der Waals surface area contributed by atoms with Gasteiger partial charge in [-0.25, -0.2) is 13.4 Å². The van der Waals surface area contributed by atoms with Crippen LogP contribution in [0, 0.1) is 5.92 Å². The first kappa shape index (κ1) is 18.8. The van der Waals surface area contributed by atoms with E-state index >= 15 is 0 Å². The molecule has 1 N–H and O–H groups in total. The van der Waals surface area contributed by atoms with Crippen LogP contribution in [0.1, 0.15) is 12.8 Å². The van der Waals surface area contributed by atoms with E-state index in [0.717, 1.165) is 10.6 Å². The van der Waals surface area contributed by atoms with Gasteiger partial charge in [-0.15, -0.1) is 34.0 Å². The van der Waals surface area contributed by atoms with Gasteiger partial charge in [-0.2, -0.15) is 4.31 Å². The molecule has 27 heavy (non-hydrogen) atoms. The van der Waals surface area contributed by atoms with E-state index in [1.807, 2.05) is 22.9 Å². The second-order valence-corrected chi connectivity index (χ2v) is 11.1. The Kier molecular flexibility index (Phi) is 5.42. The van der Waals surface area contributed by atoms with Crippen molar-refractivity contribution in [3.05, 3.63) is 40.4 Å². The van der Waals surface area contributed by atoms with Gasteiger partial charge < -0.3 is 5.32 Å². The lowest BCUT2D eigenvalue weighted by molar-refractivity contribution is -0.120.